The van der Waals surface area contributed by atoms with Gasteiger partial charge in [0.25, 0.3) is 0 Å². The van der Waals surface area contributed by atoms with E-state index in [4.69, 9.17) is 22.8 Å². The van der Waals surface area contributed by atoms with Crippen molar-refractivity contribution >= 4 is 17.5 Å². The molecule has 0 unspecified atom stereocenters. The lowest BCUT2D eigenvalue weighted by molar-refractivity contribution is -0.131. The number of terminal acetylenes is 1. The molecule has 1 aromatic rings. The standard InChI is InChI=1S/C21H24ClN3O2/c1-2-17-7-8-18(13-23)25(17)21(26)14-24-16-5-11-20(12-6-16)27-19-9-3-15(22)4-10-19/h1,3-4,9-10,16-18,20,24H,5-8,11-12,14H2/t16-,17-,18-,20-/m0/s1. The number of likely N-dealkylation sites (tertiary alicyclic amines) is 1. The van der Waals surface area contributed by atoms with Crippen molar-refractivity contribution in [2.75, 3.05) is 6.54 Å². The lowest BCUT2D eigenvalue weighted by Gasteiger charge is -2.30. The Morgan fingerprint density at radius 3 is 2.48 bits per heavy atom. The fourth-order valence-corrected chi connectivity index (χ4v) is 3.99. The number of rotatable bonds is 5. The molecule has 0 aromatic heterocycles. The van der Waals surface area contributed by atoms with Gasteiger partial charge in [-0.15, -0.1) is 6.42 Å². The predicted octanol–water partition coefficient (Wildman–Crippen LogP) is 3.14. The highest BCUT2D eigenvalue weighted by atomic mass is 35.5. The van der Waals surface area contributed by atoms with E-state index in [9.17, 15) is 10.1 Å². The average molecular weight is 386 g/mol. The maximum absolute atomic E-state index is 12.5. The molecule has 2 aliphatic rings. The molecule has 27 heavy (non-hydrogen) atoms. The molecule has 142 valence electrons. The monoisotopic (exact) mass is 385 g/mol. The van der Waals surface area contributed by atoms with Crippen LogP contribution >= 0.6 is 11.6 Å². The quantitative estimate of drug-likeness (QED) is 0.791. The number of halogens is 1. The maximum Gasteiger partial charge on any atom is 0.238 e. The third kappa shape index (κ3) is 4.95. The fourth-order valence-electron chi connectivity index (χ4n) is 3.86. The summed E-state index contributed by atoms with van der Waals surface area (Å²) in [6.07, 6.45) is 10.8. The van der Waals surface area contributed by atoms with Gasteiger partial charge in [0.15, 0.2) is 0 Å². The minimum Gasteiger partial charge on any atom is -0.490 e. The van der Waals surface area contributed by atoms with Gasteiger partial charge in [-0.2, -0.15) is 5.26 Å². The highest BCUT2D eigenvalue weighted by molar-refractivity contribution is 6.30. The van der Waals surface area contributed by atoms with E-state index in [0.29, 0.717) is 17.9 Å². The molecule has 1 saturated carbocycles. The Morgan fingerprint density at radius 2 is 1.85 bits per heavy atom. The smallest absolute Gasteiger partial charge is 0.238 e. The third-order valence-corrected chi connectivity index (χ3v) is 5.60. The second kappa shape index (κ2) is 9.13. The first-order chi connectivity index (χ1) is 13.1. The lowest BCUT2D eigenvalue weighted by Crippen LogP contribution is -2.47. The molecule has 1 heterocycles. The minimum atomic E-state index is -0.399. The first-order valence-corrected chi connectivity index (χ1v) is 9.81. The number of nitrogens with one attached hydrogen (secondary N) is 1. The van der Waals surface area contributed by atoms with Crippen molar-refractivity contribution in [3.63, 3.8) is 0 Å². The molecule has 6 heteroatoms. The van der Waals surface area contributed by atoms with E-state index in [0.717, 1.165) is 31.4 Å². The molecule has 3 rings (SSSR count). The van der Waals surface area contributed by atoms with Gasteiger partial charge in [0.05, 0.1) is 24.8 Å². The van der Waals surface area contributed by atoms with Gasteiger partial charge in [0.2, 0.25) is 5.91 Å². The minimum absolute atomic E-state index is 0.0819. The summed E-state index contributed by atoms with van der Waals surface area (Å²) < 4.78 is 6.00. The number of carbonyl (C=O) groups is 1. The first-order valence-electron chi connectivity index (χ1n) is 9.43. The van der Waals surface area contributed by atoms with Gasteiger partial charge in [-0.1, -0.05) is 17.5 Å². The second-order valence-electron chi connectivity index (χ2n) is 7.13. The van der Waals surface area contributed by atoms with Gasteiger partial charge in [0.1, 0.15) is 11.8 Å². The Bertz CT molecular complexity index is 707. The molecule has 1 amide bonds. The second-order valence-corrected chi connectivity index (χ2v) is 7.57. The summed E-state index contributed by atoms with van der Waals surface area (Å²) in [5.41, 5.74) is 0. The zero-order valence-corrected chi connectivity index (χ0v) is 16.0. The fraction of sp³-hybridized carbons (Fsp3) is 0.524. The van der Waals surface area contributed by atoms with Crippen LogP contribution in [0.5, 0.6) is 5.75 Å². The highest BCUT2D eigenvalue weighted by Gasteiger charge is 2.36. The van der Waals surface area contributed by atoms with Crippen LogP contribution in [0.3, 0.4) is 0 Å². The van der Waals surface area contributed by atoms with Gasteiger partial charge in [-0.25, -0.2) is 0 Å². The van der Waals surface area contributed by atoms with Crippen LogP contribution in [0.1, 0.15) is 38.5 Å². The van der Waals surface area contributed by atoms with Crippen molar-refractivity contribution in [2.45, 2.75) is 62.8 Å². The summed E-state index contributed by atoms with van der Waals surface area (Å²) >= 11 is 5.89. The number of nitriles is 1. The zero-order valence-electron chi connectivity index (χ0n) is 15.2. The van der Waals surface area contributed by atoms with E-state index >= 15 is 0 Å². The Hall–Kier alpha value is -2.21. The van der Waals surface area contributed by atoms with Crippen LogP contribution < -0.4 is 10.1 Å². The van der Waals surface area contributed by atoms with E-state index < -0.39 is 6.04 Å². The van der Waals surface area contributed by atoms with Gasteiger partial charge in [-0.3, -0.25) is 4.79 Å². The maximum atomic E-state index is 12.5. The molecule has 1 aromatic carbocycles. The molecule has 1 aliphatic heterocycles. The third-order valence-electron chi connectivity index (χ3n) is 5.35. The van der Waals surface area contributed by atoms with Crippen LogP contribution in [0.15, 0.2) is 24.3 Å². The Balaban J connectivity index is 1.43. The predicted molar refractivity (Wildman–Crippen MR) is 104 cm³/mol. The van der Waals surface area contributed by atoms with E-state index in [-0.39, 0.29) is 30.6 Å². The van der Waals surface area contributed by atoms with E-state index in [2.05, 4.69) is 17.3 Å². The van der Waals surface area contributed by atoms with Gasteiger partial charge < -0.3 is 15.0 Å². The highest BCUT2D eigenvalue weighted by Crippen LogP contribution is 2.26. The number of hydrogen-bond acceptors (Lipinski definition) is 4. The normalized spacial score (nSPS) is 27.6. The topological polar surface area (TPSA) is 65.4 Å². The number of hydrogen-bond donors (Lipinski definition) is 1. The number of carbonyl (C=O) groups excluding carboxylic acids is 1. The summed E-state index contributed by atoms with van der Waals surface area (Å²) in [5, 5.41) is 13.3. The number of benzene rings is 1. The van der Waals surface area contributed by atoms with Crippen LogP contribution in [0.25, 0.3) is 0 Å². The zero-order chi connectivity index (χ0) is 19.2. The SMILES string of the molecule is C#C[C@H]1CC[C@@H](C#N)N1C(=O)CN[C@H]1CC[C@H](Oc2ccc(Cl)cc2)CC1. The number of nitrogens with zero attached hydrogens (tertiary/aromatic N) is 2. The molecule has 1 N–H and O–H groups in total. The molecule has 2 atom stereocenters. The van der Waals surface area contributed by atoms with Crippen molar-refractivity contribution in [3.8, 4) is 24.2 Å². The molecule has 1 aliphatic carbocycles. The molecular formula is C21H24ClN3O2. The lowest BCUT2D eigenvalue weighted by atomic mass is 9.93. The van der Waals surface area contributed by atoms with Gasteiger partial charge in [-0.05, 0) is 62.8 Å². The van der Waals surface area contributed by atoms with Crippen LogP contribution in [-0.4, -0.2) is 41.6 Å². The molecular weight excluding hydrogens is 362 g/mol. The van der Waals surface area contributed by atoms with Crippen molar-refractivity contribution in [1.29, 1.82) is 5.26 Å². The number of amides is 1. The molecule has 0 radical (unpaired) electrons. The summed E-state index contributed by atoms with van der Waals surface area (Å²) in [7, 11) is 0. The molecule has 0 spiro atoms. The molecule has 0 bridgehead atoms. The Labute approximate surface area is 165 Å². The molecule has 1 saturated heterocycles. The van der Waals surface area contributed by atoms with E-state index in [1.807, 2.05) is 24.3 Å². The van der Waals surface area contributed by atoms with Crippen molar-refractivity contribution < 1.29 is 9.53 Å². The van der Waals surface area contributed by atoms with Crippen LogP contribution in [0.2, 0.25) is 5.02 Å². The average Bonchev–Trinajstić information content (AvgIpc) is 3.12. The summed E-state index contributed by atoms with van der Waals surface area (Å²) in [5.74, 6) is 3.39. The Kier molecular flexibility index (Phi) is 6.61. The summed E-state index contributed by atoms with van der Waals surface area (Å²) in [6.45, 7) is 0.226. The first kappa shape index (κ1) is 19.5. The van der Waals surface area contributed by atoms with Crippen LogP contribution in [0.4, 0.5) is 0 Å². The summed E-state index contributed by atoms with van der Waals surface area (Å²) in [6, 6.07) is 9.23. The van der Waals surface area contributed by atoms with Crippen molar-refractivity contribution in [3.05, 3.63) is 29.3 Å². The van der Waals surface area contributed by atoms with Crippen LogP contribution in [0, 0.1) is 23.7 Å². The van der Waals surface area contributed by atoms with Crippen LogP contribution in [-0.2, 0) is 4.79 Å². The largest absolute Gasteiger partial charge is 0.490 e. The van der Waals surface area contributed by atoms with Crippen molar-refractivity contribution in [2.24, 2.45) is 0 Å². The van der Waals surface area contributed by atoms with Crippen molar-refractivity contribution in [1.82, 2.24) is 10.2 Å². The number of ether oxygens (including phenoxy) is 1. The molecule has 5 nitrogen and oxygen atoms in total. The summed E-state index contributed by atoms with van der Waals surface area (Å²) in [4.78, 5) is 14.1. The van der Waals surface area contributed by atoms with Gasteiger partial charge in [0, 0.05) is 11.1 Å². The Morgan fingerprint density at radius 1 is 1.19 bits per heavy atom. The van der Waals surface area contributed by atoms with E-state index in [1.165, 1.54) is 0 Å². The molecule has 2 fully saturated rings. The van der Waals surface area contributed by atoms with Gasteiger partial charge >= 0.3 is 0 Å². The van der Waals surface area contributed by atoms with E-state index in [1.54, 1.807) is 4.90 Å².